The van der Waals surface area contributed by atoms with Crippen LogP contribution in [-0.4, -0.2) is 61.7 Å². The number of aromatic nitrogens is 2. The molecule has 1 aromatic heterocycles. The van der Waals surface area contributed by atoms with Gasteiger partial charge in [-0.1, -0.05) is 30.3 Å². The standard InChI is InChI=1S/C24H34N3O5P/c28-23(27-16-7-12-21(27)24(29)30)20(11-6-13-22-25-14-15-26-22)18-33(31,32)17-5-4-10-19-8-2-1-3-9-19/h1-3,8-9,14-15,20-21H,4-7,10-13,16-18H2,(H,25,26)(H,29,30)(H,31,32)/t20?,21-/m0/s1. The summed E-state index contributed by atoms with van der Waals surface area (Å²) in [6, 6.07) is 9.17. The number of aromatic amines is 1. The molecule has 0 radical (unpaired) electrons. The SMILES string of the molecule is O=C(O)[C@@H]1CCCN1C(=O)C(CCCc1ncc[nH]1)CP(=O)(O)CCCCc1ccccc1. The average Bonchev–Trinajstić information content (AvgIpc) is 3.48. The Morgan fingerprint density at radius 3 is 2.67 bits per heavy atom. The third-order valence-corrected chi connectivity index (χ3v) is 8.29. The van der Waals surface area contributed by atoms with Crippen LogP contribution in [0.25, 0.3) is 0 Å². The van der Waals surface area contributed by atoms with Crippen LogP contribution in [-0.2, 0) is 27.0 Å². The van der Waals surface area contributed by atoms with Crippen LogP contribution >= 0.6 is 7.37 Å². The molecule has 3 rings (SSSR count). The summed E-state index contributed by atoms with van der Waals surface area (Å²) in [5.74, 6) is -1.18. The van der Waals surface area contributed by atoms with Crippen molar-refractivity contribution in [3.63, 3.8) is 0 Å². The molecule has 33 heavy (non-hydrogen) atoms. The van der Waals surface area contributed by atoms with E-state index in [9.17, 15) is 24.2 Å². The highest BCUT2D eigenvalue weighted by molar-refractivity contribution is 7.58. The molecule has 180 valence electrons. The van der Waals surface area contributed by atoms with Crippen LogP contribution in [0.2, 0.25) is 0 Å². The number of carboxylic acid groups (broad SMARTS) is 1. The minimum Gasteiger partial charge on any atom is -0.480 e. The Morgan fingerprint density at radius 2 is 1.97 bits per heavy atom. The molecule has 0 bridgehead atoms. The maximum absolute atomic E-state index is 13.3. The molecule has 1 saturated heterocycles. The number of H-pyrrole nitrogens is 1. The van der Waals surface area contributed by atoms with Crippen molar-refractivity contribution < 1.29 is 24.2 Å². The zero-order chi connectivity index (χ0) is 23.7. The van der Waals surface area contributed by atoms with Crippen molar-refractivity contribution in [1.82, 2.24) is 14.9 Å². The lowest BCUT2D eigenvalue weighted by molar-refractivity contribution is -0.149. The van der Waals surface area contributed by atoms with Gasteiger partial charge in [-0.05, 0) is 50.5 Å². The van der Waals surface area contributed by atoms with Crippen molar-refractivity contribution in [3.05, 3.63) is 54.1 Å². The van der Waals surface area contributed by atoms with Crippen LogP contribution in [0.3, 0.4) is 0 Å². The first-order valence-electron chi connectivity index (χ1n) is 11.7. The number of hydrogen-bond donors (Lipinski definition) is 3. The summed E-state index contributed by atoms with van der Waals surface area (Å²) in [5, 5.41) is 9.47. The molecular formula is C24H34N3O5P. The third-order valence-electron chi connectivity index (χ3n) is 6.26. The van der Waals surface area contributed by atoms with Gasteiger partial charge in [-0.3, -0.25) is 9.36 Å². The highest BCUT2D eigenvalue weighted by Crippen LogP contribution is 2.45. The summed E-state index contributed by atoms with van der Waals surface area (Å²) >= 11 is 0. The molecule has 9 heteroatoms. The minimum atomic E-state index is -3.53. The van der Waals surface area contributed by atoms with Crippen molar-refractivity contribution in [1.29, 1.82) is 0 Å². The van der Waals surface area contributed by atoms with Crippen molar-refractivity contribution in [2.45, 2.75) is 57.4 Å². The minimum absolute atomic E-state index is 0.0990. The second-order valence-corrected chi connectivity index (χ2v) is 11.4. The van der Waals surface area contributed by atoms with Gasteiger partial charge in [0, 0.05) is 43.6 Å². The highest BCUT2D eigenvalue weighted by atomic mass is 31.2. The molecular weight excluding hydrogens is 441 g/mol. The van der Waals surface area contributed by atoms with Gasteiger partial charge in [0.1, 0.15) is 11.9 Å². The number of aryl methyl sites for hydroxylation is 2. The number of rotatable bonds is 13. The number of benzene rings is 1. The zero-order valence-electron chi connectivity index (χ0n) is 18.9. The zero-order valence-corrected chi connectivity index (χ0v) is 19.8. The molecule has 1 fully saturated rings. The monoisotopic (exact) mass is 475 g/mol. The van der Waals surface area contributed by atoms with Crippen LogP contribution in [0.4, 0.5) is 0 Å². The van der Waals surface area contributed by atoms with Gasteiger partial charge in [0.15, 0.2) is 0 Å². The predicted molar refractivity (Wildman–Crippen MR) is 126 cm³/mol. The lowest BCUT2D eigenvalue weighted by Crippen LogP contribution is -2.44. The molecule has 2 unspecified atom stereocenters. The van der Waals surface area contributed by atoms with Gasteiger partial charge in [0.2, 0.25) is 13.3 Å². The van der Waals surface area contributed by atoms with Crippen LogP contribution in [0, 0.1) is 5.92 Å². The van der Waals surface area contributed by atoms with Crippen LogP contribution in [0.15, 0.2) is 42.7 Å². The summed E-state index contributed by atoms with van der Waals surface area (Å²) in [6.45, 7) is 0.386. The topological polar surface area (TPSA) is 124 Å². The summed E-state index contributed by atoms with van der Waals surface area (Å²) in [4.78, 5) is 44.1. The van der Waals surface area contributed by atoms with Crippen LogP contribution < -0.4 is 0 Å². The fraction of sp³-hybridized carbons (Fsp3) is 0.542. The Morgan fingerprint density at radius 1 is 1.18 bits per heavy atom. The molecule has 0 saturated carbocycles. The molecule has 1 aliphatic rings. The highest BCUT2D eigenvalue weighted by Gasteiger charge is 2.38. The largest absolute Gasteiger partial charge is 0.480 e. The second-order valence-electron chi connectivity index (χ2n) is 8.85. The Labute approximate surface area is 194 Å². The number of carbonyl (C=O) groups is 2. The van der Waals surface area contributed by atoms with E-state index in [-0.39, 0.29) is 18.2 Å². The van der Waals surface area contributed by atoms with Gasteiger partial charge in [-0.2, -0.15) is 0 Å². The molecule has 1 aliphatic heterocycles. The molecule has 0 spiro atoms. The number of nitrogens with zero attached hydrogens (tertiary/aromatic N) is 2. The molecule has 8 nitrogen and oxygen atoms in total. The predicted octanol–water partition coefficient (Wildman–Crippen LogP) is 3.72. The fourth-order valence-corrected chi connectivity index (χ4v) is 6.46. The Bertz CT molecular complexity index is 935. The van der Waals surface area contributed by atoms with Gasteiger partial charge in [0.25, 0.3) is 0 Å². The van der Waals surface area contributed by atoms with Crippen molar-refractivity contribution >= 4 is 19.2 Å². The third kappa shape index (κ3) is 7.83. The van der Waals surface area contributed by atoms with Gasteiger partial charge < -0.3 is 19.9 Å². The van der Waals surface area contributed by atoms with Crippen LogP contribution in [0.1, 0.15) is 49.9 Å². The molecule has 2 aromatic rings. The molecule has 1 amide bonds. The molecule has 2 heterocycles. The first-order valence-corrected chi connectivity index (χ1v) is 13.7. The number of aliphatic carboxylic acids is 1. The number of unbranched alkanes of at least 4 members (excludes halogenated alkanes) is 1. The smallest absolute Gasteiger partial charge is 0.326 e. The van der Waals surface area contributed by atoms with Crippen molar-refractivity contribution in [3.8, 4) is 0 Å². The number of carbonyl (C=O) groups excluding carboxylic acids is 1. The average molecular weight is 476 g/mol. The lowest BCUT2D eigenvalue weighted by Gasteiger charge is -2.28. The fourth-order valence-electron chi connectivity index (χ4n) is 4.53. The first-order chi connectivity index (χ1) is 15.9. The molecule has 3 N–H and O–H groups in total. The maximum Gasteiger partial charge on any atom is 0.326 e. The van der Waals surface area contributed by atoms with Crippen molar-refractivity contribution in [2.24, 2.45) is 5.92 Å². The number of nitrogens with one attached hydrogen (secondary N) is 1. The van der Waals surface area contributed by atoms with Gasteiger partial charge >= 0.3 is 5.97 Å². The van der Waals surface area contributed by atoms with E-state index in [2.05, 4.69) is 9.97 Å². The second kappa shape index (κ2) is 12.1. The van der Waals surface area contributed by atoms with Gasteiger partial charge in [-0.25, -0.2) is 9.78 Å². The first kappa shape index (κ1) is 25.2. The summed E-state index contributed by atoms with van der Waals surface area (Å²) in [6.07, 6.45) is 8.48. The van der Waals surface area contributed by atoms with E-state index in [0.717, 1.165) is 18.7 Å². The maximum atomic E-state index is 13.3. The number of hydrogen-bond acceptors (Lipinski definition) is 4. The molecule has 0 aliphatic carbocycles. The summed E-state index contributed by atoms with van der Waals surface area (Å²) < 4.78 is 13.0. The van der Waals surface area contributed by atoms with E-state index in [1.54, 1.807) is 12.4 Å². The van der Waals surface area contributed by atoms with E-state index < -0.39 is 25.3 Å². The normalized spacial score (nSPS) is 18.7. The molecule has 1 aromatic carbocycles. The van der Waals surface area contributed by atoms with E-state index >= 15 is 0 Å². The Balaban J connectivity index is 1.58. The Hall–Kier alpha value is -2.44. The lowest BCUT2D eigenvalue weighted by atomic mass is 10.0. The van der Waals surface area contributed by atoms with E-state index in [4.69, 9.17) is 0 Å². The Kier molecular flexibility index (Phi) is 9.27. The molecule has 3 atom stereocenters. The van der Waals surface area contributed by atoms with Crippen molar-refractivity contribution in [2.75, 3.05) is 18.9 Å². The van der Waals surface area contributed by atoms with Gasteiger partial charge in [-0.15, -0.1) is 0 Å². The number of carboxylic acids is 1. The van der Waals surface area contributed by atoms with Crippen LogP contribution in [0.5, 0.6) is 0 Å². The van der Waals surface area contributed by atoms with Gasteiger partial charge in [0.05, 0.1) is 0 Å². The number of likely N-dealkylation sites (tertiary alicyclic amines) is 1. The van der Waals surface area contributed by atoms with E-state index in [1.165, 1.54) is 10.5 Å². The number of amides is 1. The quantitative estimate of drug-likeness (QED) is 0.300. The van der Waals surface area contributed by atoms with E-state index in [0.29, 0.717) is 45.1 Å². The summed E-state index contributed by atoms with van der Waals surface area (Å²) in [5.41, 5.74) is 1.20. The summed E-state index contributed by atoms with van der Waals surface area (Å²) in [7, 11) is -3.53. The number of imidazole rings is 1. The van der Waals surface area contributed by atoms with E-state index in [1.807, 2.05) is 30.3 Å².